The van der Waals surface area contributed by atoms with Gasteiger partial charge in [-0.05, 0) is 13.0 Å². The normalized spacial score (nSPS) is 12.4. The molecule has 1 unspecified atom stereocenters. The van der Waals surface area contributed by atoms with E-state index in [2.05, 4.69) is 16.4 Å². The molecule has 1 aromatic heterocycles. The van der Waals surface area contributed by atoms with Crippen LogP contribution in [0.4, 0.5) is 0 Å². The predicted octanol–water partition coefficient (Wildman–Crippen LogP) is 1.33. The van der Waals surface area contributed by atoms with E-state index in [-0.39, 0.29) is 6.61 Å². The minimum Gasteiger partial charge on any atom is -0.396 e. The molecule has 2 N–H and O–H groups in total. The number of aliphatic hydroxyl groups excluding tert-OH is 1. The number of hydrogen-bond donors (Lipinski definition) is 2. The topological polar surface area (TPSA) is 68.9 Å². The number of nitriles is 1. The molecule has 0 radical (unpaired) electrons. The van der Waals surface area contributed by atoms with Gasteiger partial charge in [0.25, 0.3) is 0 Å². The molecule has 0 bridgehead atoms. The molecule has 0 amide bonds. The third-order valence-electron chi connectivity index (χ3n) is 1.55. The number of aromatic nitrogens is 1. The SMILES string of the molecule is N#CC(NCCCO)c1ncc(Cl)s1. The van der Waals surface area contributed by atoms with E-state index in [9.17, 15) is 0 Å². The van der Waals surface area contributed by atoms with Gasteiger partial charge in [-0.25, -0.2) is 4.98 Å². The van der Waals surface area contributed by atoms with Crippen molar-refractivity contribution in [2.75, 3.05) is 13.2 Å². The largest absolute Gasteiger partial charge is 0.396 e. The fourth-order valence-electron chi connectivity index (χ4n) is 0.914. The summed E-state index contributed by atoms with van der Waals surface area (Å²) in [7, 11) is 0. The van der Waals surface area contributed by atoms with Gasteiger partial charge in [-0.1, -0.05) is 11.6 Å². The molecule has 1 atom stereocenters. The third kappa shape index (κ3) is 3.24. The molecule has 1 aromatic rings. The Balaban J connectivity index is 2.51. The van der Waals surface area contributed by atoms with Crippen LogP contribution < -0.4 is 5.32 Å². The van der Waals surface area contributed by atoms with Crippen LogP contribution in [-0.4, -0.2) is 23.2 Å². The smallest absolute Gasteiger partial charge is 0.148 e. The fourth-order valence-corrected chi connectivity index (χ4v) is 1.86. The second-order valence-corrected chi connectivity index (χ2v) is 4.29. The molecule has 0 fully saturated rings. The van der Waals surface area contributed by atoms with Crippen LogP contribution in [0.2, 0.25) is 4.34 Å². The van der Waals surface area contributed by atoms with Gasteiger partial charge in [0.2, 0.25) is 0 Å². The molecule has 0 spiro atoms. The summed E-state index contributed by atoms with van der Waals surface area (Å²) in [6.45, 7) is 0.704. The van der Waals surface area contributed by atoms with Gasteiger partial charge in [-0.3, -0.25) is 5.32 Å². The molecule has 0 saturated carbocycles. The Hall–Kier alpha value is -0.670. The molecule has 76 valence electrons. The molecule has 0 aliphatic carbocycles. The van der Waals surface area contributed by atoms with Gasteiger partial charge >= 0.3 is 0 Å². The first kappa shape index (κ1) is 11.4. The standard InChI is InChI=1S/C8H10ClN3OS/c9-7-5-12-8(14-7)6(4-10)11-2-1-3-13/h5-6,11,13H,1-3H2. The summed E-state index contributed by atoms with van der Waals surface area (Å²) in [5, 5.41) is 21.0. The highest BCUT2D eigenvalue weighted by molar-refractivity contribution is 7.15. The summed E-state index contributed by atoms with van der Waals surface area (Å²) in [5.74, 6) is 0. The maximum absolute atomic E-state index is 8.84. The van der Waals surface area contributed by atoms with Crippen LogP contribution in [0.1, 0.15) is 17.5 Å². The average molecular weight is 232 g/mol. The highest BCUT2D eigenvalue weighted by Crippen LogP contribution is 2.23. The zero-order valence-electron chi connectivity index (χ0n) is 7.40. The Kier molecular flexibility index (Phi) is 4.84. The van der Waals surface area contributed by atoms with Crippen LogP contribution in [0.15, 0.2) is 6.20 Å². The van der Waals surface area contributed by atoms with Gasteiger partial charge in [0.05, 0.1) is 12.3 Å². The van der Waals surface area contributed by atoms with Crippen molar-refractivity contribution in [1.82, 2.24) is 10.3 Å². The Morgan fingerprint density at radius 2 is 2.57 bits per heavy atom. The quantitative estimate of drug-likeness (QED) is 0.751. The maximum Gasteiger partial charge on any atom is 0.148 e. The van der Waals surface area contributed by atoms with Gasteiger partial charge in [-0.2, -0.15) is 5.26 Å². The lowest BCUT2D eigenvalue weighted by molar-refractivity contribution is 0.285. The number of nitrogens with one attached hydrogen (secondary N) is 1. The van der Waals surface area contributed by atoms with Crippen molar-refractivity contribution >= 4 is 22.9 Å². The minimum atomic E-state index is -0.431. The summed E-state index contributed by atoms with van der Waals surface area (Å²) in [4.78, 5) is 4.00. The maximum atomic E-state index is 8.84. The summed E-state index contributed by atoms with van der Waals surface area (Å²) in [5.41, 5.74) is 0. The monoisotopic (exact) mass is 231 g/mol. The van der Waals surface area contributed by atoms with Gasteiger partial charge in [0.1, 0.15) is 15.4 Å². The first-order valence-corrected chi connectivity index (χ1v) is 5.32. The Labute approximate surface area is 91.2 Å². The first-order chi connectivity index (χ1) is 6.77. The number of aliphatic hydroxyl groups is 1. The summed E-state index contributed by atoms with van der Waals surface area (Å²) < 4.78 is 0.573. The molecular weight excluding hydrogens is 222 g/mol. The Morgan fingerprint density at radius 1 is 1.79 bits per heavy atom. The van der Waals surface area contributed by atoms with Crippen LogP contribution in [-0.2, 0) is 0 Å². The lowest BCUT2D eigenvalue weighted by atomic mass is 10.3. The van der Waals surface area contributed by atoms with Crippen LogP contribution >= 0.6 is 22.9 Å². The van der Waals surface area contributed by atoms with Crippen LogP contribution in [0, 0.1) is 11.3 Å². The second kappa shape index (κ2) is 5.94. The number of thiazole rings is 1. The minimum absolute atomic E-state index is 0.115. The second-order valence-electron chi connectivity index (χ2n) is 2.60. The van der Waals surface area contributed by atoms with Gasteiger partial charge in [0.15, 0.2) is 0 Å². The van der Waals surface area contributed by atoms with E-state index in [0.717, 1.165) is 0 Å². The fraction of sp³-hybridized carbons (Fsp3) is 0.500. The molecular formula is C8H10ClN3OS. The van der Waals surface area contributed by atoms with Crippen LogP contribution in [0.25, 0.3) is 0 Å². The molecule has 0 aromatic carbocycles. The number of hydrogen-bond acceptors (Lipinski definition) is 5. The Morgan fingerprint density at radius 3 is 3.07 bits per heavy atom. The number of halogens is 1. The highest BCUT2D eigenvalue weighted by atomic mass is 35.5. The predicted molar refractivity (Wildman–Crippen MR) is 55.2 cm³/mol. The zero-order valence-corrected chi connectivity index (χ0v) is 8.98. The lowest BCUT2D eigenvalue weighted by Crippen LogP contribution is -2.21. The van der Waals surface area contributed by atoms with Gasteiger partial charge in [-0.15, -0.1) is 11.3 Å². The summed E-state index contributed by atoms with van der Waals surface area (Å²) >= 11 is 6.99. The van der Waals surface area contributed by atoms with Gasteiger partial charge in [0, 0.05) is 6.61 Å². The van der Waals surface area contributed by atoms with Crippen molar-refractivity contribution in [3.63, 3.8) is 0 Å². The molecule has 0 aliphatic rings. The number of nitrogens with zero attached hydrogens (tertiary/aromatic N) is 2. The van der Waals surface area contributed by atoms with E-state index >= 15 is 0 Å². The molecule has 1 heterocycles. The van der Waals surface area contributed by atoms with E-state index < -0.39 is 6.04 Å². The molecule has 4 nitrogen and oxygen atoms in total. The Bertz CT molecular complexity index is 323. The van der Waals surface area contributed by atoms with E-state index in [4.69, 9.17) is 22.0 Å². The molecule has 14 heavy (non-hydrogen) atoms. The van der Waals surface area contributed by atoms with Crippen molar-refractivity contribution in [1.29, 1.82) is 5.26 Å². The van der Waals surface area contributed by atoms with E-state index in [1.54, 1.807) is 0 Å². The van der Waals surface area contributed by atoms with E-state index in [1.807, 2.05) is 0 Å². The van der Waals surface area contributed by atoms with E-state index in [0.29, 0.717) is 22.3 Å². The molecule has 1 rings (SSSR count). The van der Waals surface area contributed by atoms with Crippen molar-refractivity contribution in [3.05, 3.63) is 15.5 Å². The summed E-state index contributed by atoms with van der Waals surface area (Å²) in [6, 6.07) is 1.66. The van der Waals surface area contributed by atoms with Crippen molar-refractivity contribution in [2.45, 2.75) is 12.5 Å². The third-order valence-corrected chi connectivity index (χ3v) is 2.73. The summed E-state index contributed by atoms with van der Waals surface area (Å²) in [6.07, 6.45) is 2.15. The first-order valence-electron chi connectivity index (χ1n) is 4.13. The van der Waals surface area contributed by atoms with Crippen molar-refractivity contribution < 1.29 is 5.11 Å². The average Bonchev–Trinajstić information content (AvgIpc) is 2.60. The zero-order chi connectivity index (χ0) is 10.4. The lowest BCUT2D eigenvalue weighted by Gasteiger charge is -2.06. The molecule has 0 aliphatic heterocycles. The highest BCUT2D eigenvalue weighted by Gasteiger charge is 2.13. The van der Waals surface area contributed by atoms with E-state index in [1.165, 1.54) is 17.5 Å². The molecule has 6 heteroatoms. The van der Waals surface area contributed by atoms with Gasteiger partial charge < -0.3 is 5.11 Å². The van der Waals surface area contributed by atoms with Crippen LogP contribution in [0.5, 0.6) is 0 Å². The molecule has 0 saturated heterocycles. The number of rotatable bonds is 5. The van der Waals surface area contributed by atoms with Crippen LogP contribution in [0.3, 0.4) is 0 Å². The van der Waals surface area contributed by atoms with Crippen molar-refractivity contribution in [2.24, 2.45) is 0 Å². The van der Waals surface area contributed by atoms with Crippen molar-refractivity contribution in [3.8, 4) is 6.07 Å².